The summed E-state index contributed by atoms with van der Waals surface area (Å²) in [6.07, 6.45) is -0.502. The Bertz CT molecular complexity index is 1050. The maximum absolute atomic E-state index is 13.5. The Morgan fingerprint density at radius 2 is 1.76 bits per heavy atom. The summed E-state index contributed by atoms with van der Waals surface area (Å²) < 4.78 is 14.6. The molecule has 2 aliphatic rings. The second-order valence-electron chi connectivity index (χ2n) is 9.29. The molecule has 2 amide bonds. The average molecular weight is 578 g/mol. The van der Waals surface area contributed by atoms with E-state index in [2.05, 4.69) is 0 Å². The van der Waals surface area contributed by atoms with Crippen molar-refractivity contribution in [3.05, 3.63) is 35.4 Å². The van der Waals surface area contributed by atoms with Gasteiger partial charge in [-0.15, -0.1) is 0 Å². The minimum absolute atomic E-state index is 0.0739. The summed E-state index contributed by atoms with van der Waals surface area (Å²) in [5.74, 6) is -0.207. The van der Waals surface area contributed by atoms with Gasteiger partial charge in [-0.05, 0) is 50.5 Å². The smallest absolute Gasteiger partial charge is 0.411 e. The van der Waals surface area contributed by atoms with E-state index in [1.54, 1.807) is 36.1 Å². The molecule has 2 aliphatic heterocycles. The molecule has 204 valence electrons. The van der Waals surface area contributed by atoms with Gasteiger partial charge in [0.05, 0.1) is 30.9 Å². The SMILES string of the molecule is CCOC(=O)C1=C(c2ccc(OCCO)cc2)C[C@@H]2CN(C(C)=O)C[C@H]1N2C(=O)OC(C)(C)C(Cl)(Cl)Cl. The molecule has 2 atom stereocenters. The summed E-state index contributed by atoms with van der Waals surface area (Å²) >= 11 is 18.1. The molecule has 0 unspecified atom stereocenters. The van der Waals surface area contributed by atoms with Gasteiger partial charge in [0.15, 0.2) is 5.60 Å². The molecule has 3 rings (SSSR count). The molecule has 1 N–H and O–H groups in total. The average Bonchev–Trinajstić information content (AvgIpc) is 2.81. The highest BCUT2D eigenvalue weighted by Crippen LogP contribution is 2.43. The van der Waals surface area contributed by atoms with Gasteiger partial charge in [0.1, 0.15) is 12.4 Å². The maximum atomic E-state index is 13.5. The van der Waals surface area contributed by atoms with E-state index >= 15 is 0 Å². The fourth-order valence-corrected chi connectivity index (χ4v) is 4.54. The monoisotopic (exact) mass is 576 g/mol. The minimum Gasteiger partial charge on any atom is -0.491 e. The van der Waals surface area contributed by atoms with Crippen molar-refractivity contribution < 1.29 is 33.7 Å². The van der Waals surface area contributed by atoms with Crippen LogP contribution in [0.4, 0.5) is 4.79 Å². The number of carbonyl (C=O) groups excluding carboxylic acids is 3. The van der Waals surface area contributed by atoms with Crippen LogP contribution in [-0.2, 0) is 19.1 Å². The van der Waals surface area contributed by atoms with Crippen molar-refractivity contribution in [3.63, 3.8) is 0 Å². The van der Waals surface area contributed by atoms with Crippen molar-refractivity contribution in [1.82, 2.24) is 9.80 Å². The first-order chi connectivity index (χ1) is 17.3. The van der Waals surface area contributed by atoms with Gasteiger partial charge in [0.2, 0.25) is 9.70 Å². The number of esters is 1. The lowest BCUT2D eigenvalue weighted by Gasteiger charge is -2.50. The molecule has 9 nitrogen and oxygen atoms in total. The second kappa shape index (κ2) is 11.7. The number of piperazine rings is 1. The maximum Gasteiger partial charge on any atom is 0.411 e. The molecule has 1 fully saturated rings. The standard InChI is InChI=1S/C25H31Cl3N2O7/c1-5-35-22(33)21-19(16-6-8-18(9-7-16)36-11-10-31)12-17-13-29(15(2)32)14-20(21)30(17)23(34)37-24(3,4)25(26,27)28/h6-9,17,20,31H,5,10-14H2,1-4H3/t17-,20-/m1/s1. The summed E-state index contributed by atoms with van der Waals surface area (Å²) in [5, 5.41) is 8.99. The largest absolute Gasteiger partial charge is 0.491 e. The number of carbonyl (C=O) groups is 3. The summed E-state index contributed by atoms with van der Waals surface area (Å²) in [7, 11) is 0. The van der Waals surface area contributed by atoms with Crippen LogP contribution in [0, 0.1) is 0 Å². The number of fused-ring (bicyclic) bond motifs is 2. The Morgan fingerprint density at radius 3 is 2.30 bits per heavy atom. The summed E-state index contributed by atoms with van der Waals surface area (Å²) in [6.45, 7) is 6.57. The van der Waals surface area contributed by atoms with E-state index in [1.807, 2.05) is 0 Å². The van der Waals surface area contributed by atoms with Crippen LogP contribution in [0.15, 0.2) is 29.8 Å². The van der Waals surface area contributed by atoms with Crippen molar-refractivity contribution in [2.24, 2.45) is 0 Å². The summed E-state index contributed by atoms with van der Waals surface area (Å²) in [6, 6.07) is 5.75. The van der Waals surface area contributed by atoms with Crippen LogP contribution >= 0.6 is 34.8 Å². The normalized spacial score (nSPS) is 20.0. The molecule has 0 radical (unpaired) electrons. The zero-order valence-corrected chi connectivity index (χ0v) is 23.4. The number of amides is 2. The fourth-order valence-electron chi connectivity index (χ4n) is 4.43. The lowest BCUT2D eigenvalue weighted by atomic mass is 9.82. The van der Waals surface area contributed by atoms with Gasteiger partial charge >= 0.3 is 12.1 Å². The molecule has 37 heavy (non-hydrogen) atoms. The molecule has 1 aromatic carbocycles. The quantitative estimate of drug-likeness (QED) is 0.386. The van der Waals surface area contributed by atoms with Crippen molar-refractivity contribution in [2.45, 2.75) is 55.6 Å². The van der Waals surface area contributed by atoms with Crippen LogP contribution in [0.2, 0.25) is 0 Å². The lowest BCUT2D eigenvalue weighted by molar-refractivity contribution is -0.142. The Balaban J connectivity index is 2.08. The van der Waals surface area contributed by atoms with Gasteiger partial charge in [0.25, 0.3) is 0 Å². The Hall–Kier alpha value is -2.20. The van der Waals surface area contributed by atoms with Gasteiger partial charge < -0.3 is 24.2 Å². The van der Waals surface area contributed by atoms with Gasteiger partial charge in [-0.2, -0.15) is 0 Å². The predicted molar refractivity (Wildman–Crippen MR) is 140 cm³/mol. The number of rotatable bonds is 7. The van der Waals surface area contributed by atoms with Crippen LogP contribution < -0.4 is 4.74 Å². The molecule has 1 saturated heterocycles. The fraction of sp³-hybridized carbons (Fsp3) is 0.560. The van der Waals surface area contributed by atoms with Gasteiger partial charge in [-0.3, -0.25) is 9.69 Å². The summed E-state index contributed by atoms with van der Waals surface area (Å²) in [4.78, 5) is 42.1. The number of halogens is 3. The molecular weight excluding hydrogens is 547 g/mol. The molecular formula is C25H31Cl3N2O7. The molecule has 0 spiro atoms. The third-order valence-electron chi connectivity index (χ3n) is 6.39. The third kappa shape index (κ3) is 6.45. The number of nitrogens with zero attached hydrogens (tertiary/aromatic N) is 2. The number of benzene rings is 1. The van der Waals surface area contributed by atoms with E-state index in [0.29, 0.717) is 11.3 Å². The molecule has 12 heteroatoms. The number of aliphatic hydroxyl groups excluding tert-OH is 1. The third-order valence-corrected chi connectivity index (χ3v) is 7.76. The van der Waals surface area contributed by atoms with Crippen molar-refractivity contribution in [1.29, 1.82) is 0 Å². The number of aliphatic hydroxyl groups is 1. The Labute approximate surface area is 231 Å². The van der Waals surface area contributed by atoms with Crippen LogP contribution in [-0.4, -0.2) is 87.3 Å². The highest BCUT2D eigenvalue weighted by atomic mass is 35.6. The van der Waals surface area contributed by atoms with E-state index in [1.165, 1.54) is 25.7 Å². The van der Waals surface area contributed by atoms with E-state index in [0.717, 1.165) is 5.56 Å². The van der Waals surface area contributed by atoms with Gasteiger partial charge in [-0.25, -0.2) is 9.59 Å². The molecule has 1 aromatic rings. The van der Waals surface area contributed by atoms with Crippen LogP contribution in [0.1, 0.15) is 39.7 Å². The lowest BCUT2D eigenvalue weighted by Crippen LogP contribution is -2.65. The topological polar surface area (TPSA) is 106 Å². The second-order valence-corrected chi connectivity index (χ2v) is 11.6. The Morgan fingerprint density at radius 1 is 1.11 bits per heavy atom. The van der Waals surface area contributed by atoms with E-state index in [4.69, 9.17) is 54.1 Å². The molecule has 0 saturated carbocycles. The number of alkyl halides is 3. The van der Waals surface area contributed by atoms with Crippen LogP contribution in [0.5, 0.6) is 5.75 Å². The first-order valence-corrected chi connectivity index (χ1v) is 13.0. The number of hydrogen-bond donors (Lipinski definition) is 1. The first kappa shape index (κ1) is 29.4. The molecule has 2 bridgehead atoms. The number of ether oxygens (including phenoxy) is 3. The first-order valence-electron chi connectivity index (χ1n) is 11.9. The van der Waals surface area contributed by atoms with Crippen LogP contribution in [0.3, 0.4) is 0 Å². The van der Waals surface area contributed by atoms with E-state index < -0.39 is 33.5 Å². The van der Waals surface area contributed by atoms with Crippen molar-refractivity contribution >= 4 is 58.3 Å². The van der Waals surface area contributed by atoms with Crippen LogP contribution in [0.25, 0.3) is 5.57 Å². The molecule has 0 aliphatic carbocycles. The van der Waals surface area contributed by atoms with Gasteiger partial charge in [0, 0.05) is 20.0 Å². The zero-order chi connectivity index (χ0) is 27.5. The number of hydrogen-bond acceptors (Lipinski definition) is 7. The highest BCUT2D eigenvalue weighted by Gasteiger charge is 2.51. The highest BCUT2D eigenvalue weighted by molar-refractivity contribution is 6.68. The summed E-state index contributed by atoms with van der Waals surface area (Å²) in [5.41, 5.74) is 0.244. The van der Waals surface area contributed by atoms with Crippen molar-refractivity contribution in [2.75, 3.05) is 32.9 Å². The Kier molecular flexibility index (Phi) is 9.27. The van der Waals surface area contributed by atoms with E-state index in [9.17, 15) is 14.4 Å². The predicted octanol–water partition coefficient (Wildman–Crippen LogP) is 3.96. The van der Waals surface area contributed by atoms with Crippen molar-refractivity contribution in [3.8, 4) is 5.75 Å². The zero-order valence-electron chi connectivity index (χ0n) is 21.1. The van der Waals surface area contributed by atoms with Gasteiger partial charge in [-0.1, -0.05) is 46.9 Å². The molecule has 0 aromatic heterocycles. The van der Waals surface area contributed by atoms with E-state index in [-0.39, 0.29) is 50.8 Å². The minimum atomic E-state index is -1.90. The molecule has 2 heterocycles.